The molecule has 0 saturated heterocycles. The first-order valence-corrected chi connectivity index (χ1v) is 9.83. The number of carbonyl (C=O) groups is 1. The lowest BCUT2D eigenvalue weighted by Gasteiger charge is -2.29. The number of para-hydroxylation sites is 2. The maximum absolute atomic E-state index is 13.1. The number of hydrogen-bond acceptors (Lipinski definition) is 4. The number of aromatic nitrogens is 2. The molecule has 1 amide bonds. The van der Waals surface area contributed by atoms with Gasteiger partial charge in [-0.2, -0.15) is 0 Å². The number of rotatable bonds is 2. The number of nitrogens with zero attached hydrogens (tertiary/aromatic N) is 4. The zero-order chi connectivity index (χ0) is 19.1. The van der Waals surface area contributed by atoms with E-state index in [4.69, 9.17) is 0 Å². The van der Waals surface area contributed by atoms with Gasteiger partial charge in [0.05, 0.1) is 0 Å². The van der Waals surface area contributed by atoms with Gasteiger partial charge >= 0.3 is 0 Å². The van der Waals surface area contributed by atoms with Crippen LogP contribution in [-0.4, -0.2) is 28.7 Å². The number of hydrogen-bond donors (Lipinski definition) is 0. The van der Waals surface area contributed by atoms with E-state index in [2.05, 4.69) is 46.3 Å². The second kappa shape index (κ2) is 6.75. The summed E-state index contributed by atoms with van der Waals surface area (Å²) < 4.78 is 0. The van der Waals surface area contributed by atoms with Crippen LogP contribution in [0.25, 0.3) is 0 Å². The van der Waals surface area contributed by atoms with Gasteiger partial charge in [-0.1, -0.05) is 36.4 Å². The van der Waals surface area contributed by atoms with Crippen LogP contribution in [0.4, 0.5) is 17.2 Å². The monoisotopic (exact) mass is 370 g/mol. The Hall–Kier alpha value is -3.21. The Morgan fingerprint density at radius 3 is 2.46 bits per heavy atom. The summed E-state index contributed by atoms with van der Waals surface area (Å²) in [4.78, 5) is 17.1. The van der Waals surface area contributed by atoms with Crippen LogP contribution < -0.4 is 9.80 Å². The van der Waals surface area contributed by atoms with E-state index in [1.165, 1.54) is 16.8 Å². The number of benzene rings is 2. The van der Waals surface area contributed by atoms with Crippen LogP contribution in [0.15, 0.2) is 60.7 Å². The summed E-state index contributed by atoms with van der Waals surface area (Å²) in [5, 5.41) is 8.71. The predicted octanol–water partition coefficient (Wildman–Crippen LogP) is 4.15. The molecule has 0 spiro atoms. The van der Waals surface area contributed by atoms with Gasteiger partial charge in [-0.05, 0) is 61.6 Å². The van der Waals surface area contributed by atoms with Crippen LogP contribution in [-0.2, 0) is 12.8 Å². The maximum atomic E-state index is 13.1. The highest BCUT2D eigenvalue weighted by atomic mass is 16.2. The zero-order valence-electron chi connectivity index (χ0n) is 15.9. The van der Waals surface area contributed by atoms with Gasteiger partial charge in [0.15, 0.2) is 11.5 Å². The van der Waals surface area contributed by atoms with Crippen molar-refractivity contribution < 1.29 is 4.79 Å². The molecule has 0 saturated carbocycles. The smallest absolute Gasteiger partial charge is 0.278 e. The van der Waals surface area contributed by atoms with Gasteiger partial charge in [-0.15, -0.1) is 10.2 Å². The van der Waals surface area contributed by atoms with Gasteiger partial charge < -0.3 is 9.80 Å². The minimum atomic E-state index is -0.0823. The number of fused-ring (bicyclic) bond motifs is 2. The average molecular weight is 370 g/mol. The van der Waals surface area contributed by atoms with Crippen molar-refractivity contribution in [2.75, 3.05) is 16.3 Å². The van der Waals surface area contributed by atoms with E-state index in [0.717, 1.165) is 37.3 Å². The summed E-state index contributed by atoms with van der Waals surface area (Å²) in [5.74, 6) is 0.703. The maximum Gasteiger partial charge on any atom is 0.278 e. The van der Waals surface area contributed by atoms with E-state index in [0.29, 0.717) is 11.7 Å². The van der Waals surface area contributed by atoms with Crippen molar-refractivity contribution in [2.24, 2.45) is 0 Å². The topological polar surface area (TPSA) is 49.3 Å². The summed E-state index contributed by atoms with van der Waals surface area (Å²) in [6.45, 7) is 2.90. The van der Waals surface area contributed by atoms with Crippen molar-refractivity contribution >= 4 is 23.1 Å². The summed E-state index contributed by atoms with van der Waals surface area (Å²) >= 11 is 0. The first-order chi connectivity index (χ1) is 13.7. The summed E-state index contributed by atoms with van der Waals surface area (Å²) in [6, 6.07) is 20.5. The highest BCUT2D eigenvalue weighted by molar-refractivity contribution is 6.05. The van der Waals surface area contributed by atoms with Crippen LogP contribution in [0.3, 0.4) is 0 Å². The molecule has 1 atom stereocenters. The van der Waals surface area contributed by atoms with Gasteiger partial charge in [-0.3, -0.25) is 4.79 Å². The molecule has 1 aromatic heterocycles. The Kier molecular flexibility index (Phi) is 4.08. The molecule has 0 bridgehead atoms. The first-order valence-electron chi connectivity index (χ1n) is 9.83. The molecule has 2 aliphatic rings. The molecule has 1 unspecified atom stereocenters. The molecule has 5 heteroatoms. The Balaban J connectivity index is 1.43. The number of carbonyl (C=O) groups excluding carboxylic acids is 1. The fourth-order valence-electron chi connectivity index (χ4n) is 4.37. The highest BCUT2D eigenvalue weighted by Crippen LogP contribution is 2.37. The molecule has 5 rings (SSSR count). The number of aryl methyl sites for hydroxylation is 1. The van der Waals surface area contributed by atoms with Crippen molar-refractivity contribution in [2.45, 2.75) is 32.2 Å². The minimum Gasteiger partial charge on any atom is -0.321 e. The average Bonchev–Trinajstić information content (AvgIpc) is 3.08. The first kappa shape index (κ1) is 16.9. The third-order valence-electron chi connectivity index (χ3n) is 5.68. The number of anilines is 3. The summed E-state index contributed by atoms with van der Waals surface area (Å²) in [5.41, 5.74) is 5.09. The van der Waals surface area contributed by atoms with Crippen molar-refractivity contribution in [1.82, 2.24) is 10.2 Å². The Labute approximate surface area is 164 Å². The minimum absolute atomic E-state index is 0.0823. The van der Waals surface area contributed by atoms with E-state index in [1.54, 1.807) is 6.07 Å². The molecule has 3 aromatic rings. The molecule has 28 heavy (non-hydrogen) atoms. The second-order valence-electron chi connectivity index (χ2n) is 7.52. The van der Waals surface area contributed by atoms with Crippen molar-refractivity contribution in [3.8, 4) is 0 Å². The molecule has 0 aliphatic carbocycles. The van der Waals surface area contributed by atoms with E-state index in [1.807, 2.05) is 35.2 Å². The third kappa shape index (κ3) is 2.74. The molecule has 0 N–H and O–H groups in total. The molecule has 140 valence electrons. The van der Waals surface area contributed by atoms with Crippen LogP contribution in [0.1, 0.15) is 35.0 Å². The molecule has 0 radical (unpaired) electrons. The quantitative estimate of drug-likeness (QED) is 0.680. The molecule has 2 aromatic carbocycles. The lowest BCUT2D eigenvalue weighted by atomic mass is 10.0. The van der Waals surface area contributed by atoms with Gasteiger partial charge in [0.25, 0.3) is 5.91 Å². The highest BCUT2D eigenvalue weighted by Gasteiger charge is 2.29. The lowest BCUT2D eigenvalue weighted by Crippen LogP contribution is -2.36. The predicted molar refractivity (Wildman–Crippen MR) is 110 cm³/mol. The van der Waals surface area contributed by atoms with Gasteiger partial charge in [-0.25, -0.2) is 0 Å². The van der Waals surface area contributed by atoms with Gasteiger partial charge in [0.1, 0.15) is 0 Å². The van der Waals surface area contributed by atoms with Gasteiger partial charge in [0, 0.05) is 24.0 Å². The fourth-order valence-corrected chi connectivity index (χ4v) is 4.37. The van der Waals surface area contributed by atoms with Crippen molar-refractivity contribution in [3.05, 3.63) is 77.5 Å². The van der Waals surface area contributed by atoms with E-state index < -0.39 is 0 Å². The third-order valence-corrected chi connectivity index (χ3v) is 5.68. The Morgan fingerprint density at radius 1 is 0.929 bits per heavy atom. The summed E-state index contributed by atoms with van der Waals surface area (Å²) in [7, 11) is 0. The molecule has 5 nitrogen and oxygen atoms in total. The van der Waals surface area contributed by atoms with E-state index in [9.17, 15) is 4.79 Å². The largest absolute Gasteiger partial charge is 0.321 e. The Bertz CT molecular complexity index is 1030. The van der Waals surface area contributed by atoms with E-state index >= 15 is 0 Å². The number of amides is 1. The van der Waals surface area contributed by atoms with Crippen LogP contribution >= 0.6 is 0 Å². The molecular formula is C23H22N4O. The zero-order valence-corrected chi connectivity index (χ0v) is 15.9. The second-order valence-corrected chi connectivity index (χ2v) is 7.52. The standard InChI is InChI=1S/C23H22N4O/c1-16-15-18-8-3-5-11-21(18)27(16)22-13-12-19(24-25-22)23(28)26-14-6-9-17-7-2-4-10-20(17)26/h2-5,7-8,10-13,16H,6,9,14-15H2,1H3. The van der Waals surface area contributed by atoms with Gasteiger partial charge in [0.2, 0.25) is 0 Å². The van der Waals surface area contributed by atoms with Crippen LogP contribution in [0.5, 0.6) is 0 Å². The van der Waals surface area contributed by atoms with Crippen molar-refractivity contribution in [3.63, 3.8) is 0 Å². The molecular weight excluding hydrogens is 348 g/mol. The Morgan fingerprint density at radius 2 is 1.68 bits per heavy atom. The van der Waals surface area contributed by atoms with Crippen LogP contribution in [0, 0.1) is 0 Å². The lowest BCUT2D eigenvalue weighted by molar-refractivity contribution is 0.0979. The molecule has 3 heterocycles. The van der Waals surface area contributed by atoms with E-state index in [-0.39, 0.29) is 5.91 Å². The molecule has 0 fully saturated rings. The fraction of sp³-hybridized carbons (Fsp3) is 0.261. The molecule has 2 aliphatic heterocycles. The van der Waals surface area contributed by atoms with Crippen LogP contribution in [0.2, 0.25) is 0 Å². The summed E-state index contributed by atoms with van der Waals surface area (Å²) in [6.07, 6.45) is 2.97. The normalized spacial score (nSPS) is 18.0. The SMILES string of the molecule is CC1Cc2ccccc2N1c1ccc(C(=O)N2CCCc3ccccc32)nn1. The van der Waals surface area contributed by atoms with Crippen molar-refractivity contribution in [1.29, 1.82) is 0 Å².